The van der Waals surface area contributed by atoms with Crippen molar-refractivity contribution in [1.29, 1.82) is 0 Å². The van der Waals surface area contributed by atoms with Gasteiger partial charge >= 0.3 is 7.60 Å². The van der Waals surface area contributed by atoms with Crippen molar-refractivity contribution in [1.82, 2.24) is 9.97 Å². The summed E-state index contributed by atoms with van der Waals surface area (Å²) in [5.41, 5.74) is -1.17. The lowest BCUT2D eigenvalue weighted by molar-refractivity contribution is -0.106. The molecule has 1 atom stereocenters. The minimum absolute atomic E-state index is 0.0825. The van der Waals surface area contributed by atoms with Gasteiger partial charge in [0.15, 0.2) is 5.15 Å². The second-order valence-corrected chi connectivity index (χ2v) is 8.46. The van der Waals surface area contributed by atoms with Crippen molar-refractivity contribution in [3.63, 3.8) is 0 Å². The van der Waals surface area contributed by atoms with Gasteiger partial charge in [0, 0.05) is 12.8 Å². The highest BCUT2D eigenvalue weighted by molar-refractivity contribution is 7.53. The van der Waals surface area contributed by atoms with Crippen LogP contribution in [0.4, 0.5) is 11.6 Å². The van der Waals surface area contributed by atoms with Crippen LogP contribution in [-0.2, 0) is 38.4 Å². The highest BCUT2D eigenvalue weighted by atomic mass is 35.5. The highest BCUT2D eigenvalue weighted by Gasteiger charge is 2.37. The molecule has 1 aliphatic heterocycles. The van der Waals surface area contributed by atoms with Gasteiger partial charge in [-0.25, -0.2) is 9.98 Å². The Hall–Kier alpha value is -2.21. The third kappa shape index (κ3) is 6.89. The summed E-state index contributed by atoms with van der Waals surface area (Å²) in [6.07, 6.45) is 5.82. The number of ether oxygens (including phenoxy) is 2. The first-order valence-electron chi connectivity index (χ1n) is 9.74. The quantitative estimate of drug-likeness (QED) is 0.154. The maximum absolute atomic E-state index is 12.4. The summed E-state index contributed by atoms with van der Waals surface area (Å²) < 4.78 is 34.1. The monoisotopic (exact) mass is 489 g/mol. The highest BCUT2D eigenvalue weighted by Crippen LogP contribution is 2.47. The number of carbonyl (C=O) groups is 2. The standard InChI is InChI=1S/C18H25ClN5O7P/c1-3-30-32(27,31-4-2)13-28-9-6-10-29-18(7-5-8-22-18)15-14(20-11-25)16(19)24-17(23-15)21-12-26/h5,7-8,11-12H,3-4,6,9-10,13H2,1-2H3,(H,20,25)(H,21,23,24,26). The van der Waals surface area contributed by atoms with E-state index in [0.717, 1.165) is 0 Å². The average molecular weight is 490 g/mol. The molecule has 1 unspecified atom stereocenters. The van der Waals surface area contributed by atoms with Gasteiger partial charge in [0.1, 0.15) is 17.7 Å². The largest absolute Gasteiger partial charge is 0.369 e. The van der Waals surface area contributed by atoms with Crippen LogP contribution >= 0.6 is 19.2 Å². The molecule has 1 aliphatic rings. The van der Waals surface area contributed by atoms with Crippen LogP contribution in [0.25, 0.3) is 0 Å². The molecule has 14 heteroatoms. The molecule has 0 aliphatic carbocycles. The van der Waals surface area contributed by atoms with E-state index in [9.17, 15) is 14.2 Å². The molecule has 0 bridgehead atoms. The summed E-state index contributed by atoms with van der Waals surface area (Å²) in [5, 5.41) is 4.65. The van der Waals surface area contributed by atoms with Crippen molar-refractivity contribution < 1.29 is 32.7 Å². The van der Waals surface area contributed by atoms with E-state index >= 15 is 0 Å². The van der Waals surface area contributed by atoms with Crippen molar-refractivity contribution in [3.8, 4) is 0 Å². The summed E-state index contributed by atoms with van der Waals surface area (Å²) in [7, 11) is -3.29. The van der Waals surface area contributed by atoms with Crippen LogP contribution in [0.5, 0.6) is 0 Å². The molecule has 0 fully saturated rings. The minimum atomic E-state index is -3.29. The van der Waals surface area contributed by atoms with Crippen molar-refractivity contribution in [3.05, 3.63) is 23.0 Å². The lowest BCUT2D eigenvalue weighted by atomic mass is 10.1. The van der Waals surface area contributed by atoms with Gasteiger partial charge in [-0.05, 0) is 32.4 Å². The molecule has 2 heterocycles. The van der Waals surface area contributed by atoms with Crippen LogP contribution in [0.2, 0.25) is 5.15 Å². The van der Waals surface area contributed by atoms with Crippen molar-refractivity contribution in [2.24, 2.45) is 4.99 Å². The predicted octanol–water partition coefficient (Wildman–Crippen LogP) is 2.71. The van der Waals surface area contributed by atoms with Gasteiger partial charge in [-0.3, -0.25) is 19.5 Å². The zero-order chi connectivity index (χ0) is 23.5. The Labute approximate surface area is 190 Å². The second-order valence-electron chi connectivity index (χ2n) is 6.11. The van der Waals surface area contributed by atoms with E-state index in [2.05, 4.69) is 25.6 Å². The van der Waals surface area contributed by atoms with Crippen molar-refractivity contribution in [2.75, 3.05) is 43.4 Å². The van der Waals surface area contributed by atoms with E-state index in [0.29, 0.717) is 19.2 Å². The number of allylic oxidation sites excluding steroid dienone is 1. The maximum atomic E-state index is 12.4. The van der Waals surface area contributed by atoms with Crippen LogP contribution < -0.4 is 10.6 Å². The third-order valence-electron chi connectivity index (χ3n) is 3.93. The zero-order valence-electron chi connectivity index (χ0n) is 17.7. The number of nitrogens with one attached hydrogen (secondary N) is 2. The fraction of sp³-hybridized carbons (Fsp3) is 0.500. The molecular weight excluding hydrogens is 465 g/mol. The summed E-state index contributed by atoms with van der Waals surface area (Å²) in [6.45, 7) is 4.31. The normalized spacial score (nSPS) is 17.5. The summed E-state index contributed by atoms with van der Waals surface area (Å²) in [6, 6.07) is 0. The molecule has 2 rings (SSSR count). The predicted molar refractivity (Wildman–Crippen MR) is 118 cm³/mol. The number of halogens is 1. The van der Waals surface area contributed by atoms with Gasteiger partial charge < -0.3 is 23.8 Å². The van der Waals surface area contributed by atoms with E-state index in [1.807, 2.05) is 0 Å². The first-order valence-corrected chi connectivity index (χ1v) is 11.9. The Balaban J connectivity index is 2.07. The van der Waals surface area contributed by atoms with Crippen molar-refractivity contribution >= 4 is 49.9 Å². The van der Waals surface area contributed by atoms with E-state index in [-0.39, 0.29) is 55.3 Å². The number of nitrogens with zero attached hydrogens (tertiary/aromatic N) is 3. The molecule has 0 spiro atoms. The third-order valence-corrected chi connectivity index (χ3v) is 6.00. The number of carbonyl (C=O) groups excluding carboxylic acids is 2. The number of hydrogen-bond acceptors (Lipinski definition) is 10. The van der Waals surface area contributed by atoms with Gasteiger partial charge in [0.25, 0.3) is 0 Å². The lowest BCUT2D eigenvalue weighted by Crippen LogP contribution is -2.28. The first-order chi connectivity index (χ1) is 15.4. The first kappa shape index (κ1) is 26.0. The van der Waals surface area contributed by atoms with Crippen LogP contribution in [0.15, 0.2) is 17.1 Å². The summed E-state index contributed by atoms with van der Waals surface area (Å²) in [5.74, 6) is -0.0825. The number of rotatable bonds is 16. The number of amides is 2. The Bertz CT molecular complexity index is 877. The number of hydrogen-bond donors (Lipinski definition) is 2. The second kappa shape index (κ2) is 12.7. The van der Waals surface area contributed by atoms with Crippen LogP contribution in [0.1, 0.15) is 26.0 Å². The molecule has 1 aromatic heterocycles. The van der Waals surface area contributed by atoms with Gasteiger partial charge in [-0.2, -0.15) is 4.98 Å². The smallest absolute Gasteiger partial charge is 0.356 e. The fourth-order valence-electron chi connectivity index (χ4n) is 2.73. The fourth-order valence-corrected chi connectivity index (χ4v) is 4.32. The van der Waals surface area contributed by atoms with E-state index in [1.165, 1.54) is 6.21 Å². The molecule has 0 saturated carbocycles. The summed E-state index contributed by atoms with van der Waals surface area (Å²) in [4.78, 5) is 34.3. The topological polar surface area (TPSA) is 150 Å². The molecular formula is C18H25ClN5O7P. The van der Waals surface area contributed by atoms with Gasteiger partial charge in [0.2, 0.25) is 24.5 Å². The van der Waals surface area contributed by atoms with Gasteiger partial charge in [0.05, 0.1) is 19.8 Å². The minimum Gasteiger partial charge on any atom is -0.369 e. The Kier molecular flexibility index (Phi) is 10.4. The lowest BCUT2D eigenvalue weighted by Gasteiger charge is -2.26. The number of aliphatic imine (C=N–C) groups is 1. The summed E-state index contributed by atoms with van der Waals surface area (Å²) >= 11 is 6.16. The Morgan fingerprint density at radius 1 is 1.12 bits per heavy atom. The van der Waals surface area contributed by atoms with Crippen molar-refractivity contribution in [2.45, 2.75) is 26.0 Å². The molecule has 1 aromatic rings. The average Bonchev–Trinajstić information content (AvgIpc) is 3.23. The van der Waals surface area contributed by atoms with Crippen LogP contribution in [0.3, 0.4) is 0 Å². The van der Waals surface area contributed by atoms with E-state index in [4.69, 9.17) is 30.1 Å². The van der Waals surface area contributed by atoms with Crippen LogP contribution in [-0.4, -0.2) is 61.8 Å². The van der Waals surface area contributed by atoms with Gasteiger partial charge in [-0.15, -0.1) is 0 Å². The molecule has 32 heavy (non-hydrogen) atoms. The molecule has 0 aromatic carbocycles. The van der Waals surface area contributed by atoms with Gasteiger partial charge in [-0.1, -0.05) is 11.6 Å². The number of aromatic nitrogens is 2. The SMILES string of the molecule is CCOP(=O)(COCCCOC1(c2nc(NC=O)nc(Cl)c2NC=O)C=CC=N1)OCC. The van der Waals surface area contributed by atoms with Crippen LogP contribution in [0, 0.1) is 0 Å². The maximum Gasteiger partial charge on any atom is 0.356 e. The Morgan fingerprint density at radius 3 is 2.44 bits per heavy atom. The zero-order valence-corrected chi connectivity index (χ0v) is 19.3. The van der Waals surface area contributed by atoms with E-state index < -0.39 is 13.3 Å². The Morgan fingerprint density at radius 2 is 1.84 bits per heavy atom. The molecule has 2 amide bonds. The molecule has 12 nitrogen and oxygen atoms in total. The molecule has 176 valence electrons. The molecule has 2 N–H and O–H groups in total. The van der Waals surface area contributed by atoms with E-state index in [1.54, 1.807) is 26.0 Å². The molecule has 0 saturated heterocycles. The number of anilines is 2. The molecule has 0 radical (unpaired) electrons.